The van der Waals surface area contributed by atoms with E-state index in [9.17, 15) is 0 Å². The van der Waals surface area contributed by atoms with Crippen molar-refractivity contribution in [2.24, 2.45) is 11.8 Å². The third-order valence-electron chi connectivity index (χ3n) is 1.90. The maximum Gasteiger partial charge on any atom is 0.0519 e. The molecule has 0 amide bonds. The van der Waals surface area contributed by atoms with E-state index in [0.29, 0.717) is 5.92 Å². The molecule has 1 heterocycles. The third-order valence-corrected chi connectivity index (χ3v) is 1.90. The highest BCUT2D eigenvalue weighted by Crippen LogP contribution is 2.19. The lowest BCUT2D eigenvalue weighted by atomic mass is 9.93. The van der Waals surface area contributed by atoms with E-state index in [0.717, 1.165) is 25.7 Å². The predicted octanol–water partition coefficient (Wildman–Crippen LogP) is 0.915. The van der Waals surface area contributed by atoms with E-state index in [-0.39, 0.29) is 0 Å². The van der Waals surface area contributed by atoms with Crippen molar-refractivity contribution >= 4 is 0 Å². The number of hydrogen-bond acceptors (Lipinski definition) is 2. The average molecular weight is 130 g/mol. The fraction of sp³-hybridized carbons (Fsp3) is 1.00. The van der Waals surface area contributed by atoms with Gasteiger partial charge in [-0.25, -0.2) is 0 Å². The average Bonchev–Trinajstić information content (AvgIpc) is 1.60. The van der Waals surface area contributed by atoms with Crippen LogP contribution in [-0.4, -0.2) is 26.9 Å². The molecule has 0 aliphatic carbocycles. The Hall–Kier alpha value is -0.0800. The molecule has 0 saturated carbocycles. The molecule has 1 aliphatic rings. The summed E-state index contributed by atoms with van der Waals surface area (Å²) in [5.41, 5.74) is 0. The van der Waals surface area contributed by atoms with Crippen LogP contribution in [0.15, 0.2) is 0 Å². The Morgan fingerprint density at radius 1 is 1.67 bits per heavy atom. The fourth-order valence-corrected chi connectivity index (χ4v) is 0.981. The highest BCUT2D eigenvalue weighted by Gasteiger charge is 2.24. The van der Waals surface area contributed by atoms with Gasteiger partial charge in [0.25, 0.3) is 0 Å². The Morgan fingerprint density at radius 2 is 2.33 bits per heavy atom. The first-order valence-electron chi connectivity index (χ1n) is 3.41. The standard InChI is InChI=1S/C7H14O2/c1-6(3-8-2)7-4-9-5-7/h6-7H,3-5H2,1-2H3/t6-/m0/s1. The van der Waals surface area contributed by atoms with Gasteiger partial charge in [0.1, 0.15) is 0 Å². The van der Waals surface area contributed by atoms with Gasteiger partial charge in [0.15, 0.2) is 0 Å². The molecule has 1 fully saturated rings. The lowest BCUT2D eigenvalue weighted by Crippen LogP contribution is -2.34. The summed E-state index contributed by atoms with van der Waals surface area (Å²) in [6.07, 6.45) is 0. The van der Waals surface area contributed by atoms with Gasteiger partial charge in [0.2, 0.25) is 0 Å². The highest BCUT2D eigenvalue weighted by atomic mass is 16.5. The van der Waals surface area contributed by atoms with Gasteiger partial charge in [-0.2, -0.15) is 0 Å². The van der Waals surface area contributed by atoms with Crippen LogP contribution < -0.4 is 0 Å². The zero-order valence-corrected chi connectivity index (χ0v) is 6.09. The van der Waals surface area contributed by atoms with Gasteiger partial charge >= 0.3 is 0 Å². The van der Waals surface area contributed by atoms with Crippen LogP contribution in [0.5, 0.6) is 0 Å². The molecule has 2 nitrogen and oxygen atoms in total. The van der Waals surface area contributed by atoms with Crippen LogP contribution in [0.2, 0.25) is 0 Å². The summed E-state index contributed by atoms with van der Waals surface area (Å²) >= 11 is 0. The Labute approximate surface area is 56.2 Å². The second kappa shape index (κ2) is 3.18. The minimum absolute atomic E-state index is 0.670. The smallest absolute Gasteiger partial charge is 0.0519 e. The molecule has 0 spiro atoms. The predicted molar refractivity (Wildman–Crippen MR) is 35.3 cm³/mol. The summed E-state index contributed by atoms with van der Waals surface area (Å²) in [4.78, 5) is 0. The van der Waals surface area contributed by atoms with Gasteiger partial charge in [0.05, 0.1) is 13.2 Å². The topological polar surface area (TPSA) is 18.5 Å². The van der Waals surface area contributed by atoms with Crippen molar-refractivity contribution in [3.8, 4) is 0 Å². The molecule has 1 atom stereocenters. The minimum Gasteiger partial charge on any atom is -0.384 e. The van der Waals surface area contributed by atoms with E-state index in [1.54, 1.807) is 7.11 Å². The molecule has 9 heavy (non-hydrogen) atoms. The van der Waals surface area contributed by atoms with E-state index in [1.807, 2.05) is 0 Å². The summed E-state index contributed by atoms with van der Waals surface area (Å²) in [5, 5.41) is 0. The Bertz CT molecular complexity index is 79.0. The van der Waals surface area contributed by atoms with Crippen molar-refractivity contribution in [1.82, 2.24) is 0 Å². The lowest BCUT2D eigenvalue weighted by molar-refractivity contribution is -0.0699. The summed E-state index contributed by atoms with van der Waals surface area (Å²) in [6.45, 7) is 4.94. The number of ether oxygens (including phenoxy) is 2. The molecule has 54 valence electrons. The van der Waals surface area contributed by atoms with Crippen molar-refractivity contribution in [2.75, 3.05) is 26.9 Å². The molecule has 0 aromatic carbocycles. The molecule has 1 saturated heterocycles. The molecule has 2 heteroatoms. The van der Waals surface area contributed by atoms with Crippen LogP contribution in [0.3, 0.4) is 0 Å². The van der Waals surface area contributed by atoms with E-state index in [4.69, 9.17) is 9.47 Å². The molecule has 0 unspecified atom stereocenters. The van der Waals surface area contributed by atoms with Crippen molar-refractivity contribution in [2.45, 2.75) is 6.92 Å². The molecule has 0 N–H and O–H groups in total. The maximum atomic E-state index is 5.05. The SMILES string of the molecule is COC[C@H](C)C1COC1. The fourth-order valence-electron chi connectivity index (χ4n) is 0.981. The van der Waals surface area contributed by atoms with Crippen LogP contribution in [0, 0.1) is 11.8 Å². The summed E-state index contributed by atoms with van der Waals surface area (Å²) in [5.74, 6) is 1.42. The maximum absolute atomic E-state index is 5.05. The first-order valence-corrected chi connectivity index (χ1v) is 3.41. The van der Waals surface area contributed by atoms with Crippen LogP contribution in [0.25, 0.3) is 0 Å². The second-order valence-corrected chi connectivity index (χ2v) is 2.73. The van der Waals surface area contributed by atoms with Gasteiger partial charge < -0.3 is 9.47 Å². The molecule has 1 rings (SSSR count). The molecule has 1 aliphatic heterocycles. The molecule has 0 radical (unpaired) electrons. The summed E-state index contributed by atoms with van der Waals surface area (Å²) in [7, 11) is 1.75. The Balaban J connectivity index is 2.08. The van der Waals surface area contributed by atoms with Gasteiger partial charge in [-0.3, -0.25) is 0 Å². The largest absolute Gasteiger partial charge is 0.384 e. The van der Waals surface area contributed by atoms with Crippen molar-refractivity contribution < 1.29 is 9.47 Å². The van der Waals surface area contributed by atoms with E-state index in [1.165, 1.54) is 0 Å². The Morgan fingerprint density at radius 3 is 2.67 bits per heavy atom. The van der Waals surface area contributed by atoms with Gasteiger partial charge in [-0.1, -0.05) is 6.92 Å². The summed E-state index contributed by atoms with van der Waals surface area (Å²) < 4.78 is 10.1. The van der Waals surface area contributed by atoms with Gasteiger partial charge in [-0.15, -0.1) is 0 Å². The Kier molecular flexibility index (Phi) is 2.49. The number of rotatable bonds is 3. The number of methoxy groups -OCH3 is 1. The van der Waals surface area contributed by atoms with Gasteiger partial charge in [-0.05, 0) is 5.92 Å². The molecular formula is C7H14O2. The first-order chi connectivity index (χ1) is 4.34. The van der Waals surface area contributed by atoms with Crippen molar-refractivity contribution in [1.29, 1.82) is 0 Å². The van der Waals surface area contributed by atoms with Gasteiger partial charge in [0, 0.05) is 19.6 Å². The number of hydrogen-bond donors (Lipinski definition) is 0. The highest BCUT2D eigenvalue weighted by molar-refractivity contribution is 4.70. The zero-order valence-electron chi connectivity index (χ0n) is 6.09. The quantitative estimate of drug-likeness (QED) is 0.565. The van der Waals surface area contributed by atoms with Crippen LogP contribution in [0.1, 0.15) is 6.92 Å². The van der Waals surface area contributed by atoms with E-state index < -0.39 is 0 Å². The molecular weight excluding hydrogens is 116 g/mol. The lowest BCUT2D eigenvalue weighted by Gasteiger charge is -2.30. The molecule has 0 aromatic heterocycles. The van der Waals surface area contributed by atoms with Crippen molar-refractivity contribution in [3.63, 3.8) is 0 Å². The zero-order chi connectivity index (χ0) is 6.69. The van der Waals surface area contributed by atoms with Crippen LogP contribution >= 0.6 is 0 Å². The third kappa shape index (κ3) is 1.66. The van der Waals surface area contributed by atoms with Crippen LogP contribution in [-0.2, 0) is 9.47 Å². The first kappa shape index (κ1) is 7.03. The molecule has 0 bridgehead atoms. The monoisotopic (exact) mass is 130 g/mol. The summed E-state index contributed by atoms with van der Waals surface area (Å²) in [6, 6.07) is 0. The van der Waals surface area contributed by atoms with E-state index >= 15 is 0 Å². The molecule has 0 aromatic rings. The van der Waals surface area contributed by atoms with Crippen LogP contribution in [0.4, 0.5) is 0 Å². The van der Waals surface area contributed by atoms with E-state index in [2.05, 4.69) is 6.92 Å². The normalized spacial score (nSPS) is 23.3. The van der Waals surface area contributed by atoms with Crippen molar-refractivity contribution in [3.05, 3.63) is 0 Å². The second-order valence-electron chi connectivity index (χ2n) is 2.73. The minimum atomic E-state index is 0.670.